The van der Waals surface area contributed by atoms with Gasteiger partial charge in [-0.15, -0.1) is 0 Å². The predicted octanol–water partition coefficient (Wildman–Crippen LogP) is 3.66. The smallest absolute Gasteiger partial charge is 0.0488 e. The van der Waals surface area contributed by atoms with E-state index in [-0.39, 0.29) is 0 Å². The van der Waals surface area contributed by atoms with Crippen molar-refractivity contribution in [1.29, 1.82) is 0 Å². The van der Waals surface area contributed by atoms with Crippen LogP contribution in [0.25, 0.3) is 0 Å². The van der Waals surface area contributed by atoms with Crippen LogP contribution in [0.2, 0.25) is 5.02 Å². The Bertz CT molecular complexity index is 330. The third-order valence-electron chi connectivity index (χ3n) is 2.79. The van der Waals surface area contributed by atoms with Gasteiger partial charge in [0.25, 0.3) is 0 Å². The van der Waals surface area contributed by atoms with Crippen molar-refractivity contribution in [2.45, 2.75) is 26.3 Å². The van der Waals surface area contributed by atoms with Gasteiger partial charge in [0.15, 0.2) is 0 Å². The van der Waals surface area contributed by atoms with E-state index in [1.54, 1.807) is 7.11 Å². The van der Waals surface area contributed by atoms with E-state index in [1.165, 1.54) is 5.56 Å². The van der Waals surface area contributed by atoms with Crippen LogP contribution in [0, 0.1) is 5.92 Å². The van der Waals surface area contributed by atoms with Crippen molar-refractivity contribution in [2.24, 2.45) is 5.92 Å². The lowest BCUT2D eigenvalue weighted by atomic mass is 9.96. The van der Waals surface area contributed by atoms with Crippen molar-refractivity contribution >= 4 is 11.6 Å². The molecule has 0 fully saturated rings. The lowest BCUT2D eigenvalue weighted by Gasteiger charge is -2.22. The number of ether oxygens (including phenoxy) is 1. The fraction of sp³-hybridized carbons (Fsp3) is 0.571. The van der Waals surface area contributed by atoms with E-state index >= 15 is 0 Å². The molecule has 1 rings (SSSR count). The summed E-state index contributed by atoms with van der Waals surface area (Å²) in [7, 11) is 1.75. The molecule has 1 N–H and O–H groups in total. The maximum atomic E-state index is 6.03. The molecule has 2 nitrogen and oxygen atoms in total. The zero-order valence-corrected chi connectivity index (χ0v) is 11.6. The highest BCUT2D eigenvalue weighted by Gasteiger charge is 2.14. The highest BCUT2D eigenvalue weighted by molar-refractivity contribution is 6.30. The van der Waals surface area contributed by atoms with Gasteiger partial charge >= 0.3 is 0 Å². The van der Waals surface area contributed by atoms with Gasteiger partial charge in [-0.3, -0.25) is 0 Å². The summed E-state index contributed by atoms with van der Waals surface area (Å²) in [6.45, 7) is 6.08. The topological polar surface area (TPSA) is 21.3 Å². The van der Waals surface area contributed by atoms with E-state index in [1.807, 2.05) is 18.2 Å². The number of hydrogen-bond acceptors (Lipinski definition) is 2. The van der Waals surface area contributed by atoms with E-state index in [4.69, 9.17) is 16.3 Å². The van der Waals surface area contributed by atoms with Crippen LogP contribution in [0.5, 0.6) is 0 Å². The first-order chi connectivity index (χ1) is 8.17. The Balaban J connectivity index is 2.71. The minimum atomic E-state index is 0.351. The largest absolute Gasteiger partial charge is 0.384 e. The molecule has 0 bridgehead atoms. The molecule has 3 heteroatoms. The predicted molar refractivity (Wildman–Crippen MR) is 73.5 cm³/mol. The first-order valence-corrected chi connectivity index (χ1v) is 6.53. The van der Waals surface area contributed by atoms with Gasteiger partial charge in [0, 0.05) is 24.8 Å². The van der Waals surface area contributed by atoms with E-state index in [2.05, 4.69) is 25.2 Å². The molecule has 1 aromatic rings. The van der Waals surface area contributed by atoms with Gasteiger partial charge in [0.05, 0.1) is 0 Å². The van der Waals surface area contributed by atoms with Gasteiger partial charge in [0.2, 0.25) is 0 Å². The van der Waals surface area contributed by atoms with Crippen molar-refractivity contribution in [3.63, 3.8) is 0 Å². The number of benzene rings is 1. The van der Waals surface area contributed by atoms with Crippen molar-refractivity contribution in [2.75, 3.05) is 20.3 Å². The first-order valence-electron chi connectivity index (χ1n) is 6.15. The average molecular weight is 256 g/mol. The third-order valence-corrected chi connectivity index (χ3v) is 3.03. The molecule has 2 atom stereocenters. The molecule has 0 saturated carbocycles. The van der Waals surface area contributed by atoms with Crippen LogP contribution in [-0.2, 0) is 4.74 Å². The van der Waals surface area contributed by atoms with Crippen LogP contribution in [0.4, 0.5) is 0 Å². The Labute approximate surface area is 109 Å². The number of methoxy groups -OCH3 is 1. The Morgan fingerprint density at radius 3 is 2.76 bits per heavy atom. The monoisotopic (exact) mass is 255 g/mol. The summed E-state index contributed by atoms with van der Waals surface area (Å²) in [6.07, 6.45) is 1.06. The molecule has 0 aliphatic heterocycles. The highest BCUT2D eigenvalue weighted by atomic mass is 35.5. The Morgan fingerprint density at radius 1 is 1.41 bits per heavy atom. The number of halogens is 1. The first kappa shape index (κ1) is 14.5. The van der Waals surface area contributed by atoms with E-state index in [9.17, 15) is 0 Å². The maximum absolute atomic E-state index is 6.03. The summed E-state index contributed by atoms with van der Waals surface area (Å²) < 4.78 is 5.19. The second-order valence-corrected chi connectivity index (χ2v) is 4.90. The molecule has 0 saturated heterocycles. The molecule has 96 valence electrons. The summed E-state index contributed by atoms with van der Waals surface area (Å²) in [5, 5.41) is 4.30. The lowest BCUT2D eigenvalue weighted by molar-refractivity contribution is 0.149. The van der Waals surface area contributed by atoms with Crippen LogP contribution < -0.4 is 5.32 Å². The zero-order chi connectivity index (χ0) is 12.7. The maximum Gasteiger partial charge on any atom is 0.0488 e. The molecule has 1 aromatic carbocycles. The van der Waals surface area contributed by atoms with Gasteiger partial charge in [0.1, 0.15) is 0 Å². The average Bonchev–Trinajstić information content (AvgIpc) is 2.29. The van der Waals surface area contributed by atoms with Crippen LogP contribution in [0.15, 0.2) is 24.3 Å². The minimum Gasteiger partial charge on any atom is -0.384 e. The second-order valence-electron chi connectivity index (χ2n) is 4.46. The van der Waals surface area contributed by atoms with E-state index in [0.29, 0.717) is 12.0 Å². The minimum absolute atomic E-state index is 0.351. The normalized spacial score (nSPS) is 14.6. The molecule has 2 unspecified atom stereocenters. The Kier molecular flexibility index (Phi) is 6.56. The van der Waals surface area contributed by atoms with Crippen LogP contribution in [-0.4, -0.2) is 20.3 Å². The summed E-state index contributed by atoms with van der Waals surface area (Å²) in [4.78, 5) is 0. The summed E-state index contributed by atoms with van der Waals surface area (Å²) >= 11 is 6.03. The van der Waals surface area contributed by atoms with Gasteiger partial charge in [-0.05, 0) is 36.6 Å². The molecule has 17 heavy (non-hydrogen) atoms. The molecule has 0 amide bonds. The van der Waals surface area contributed by atoms with Crippen molar-refractivity contribution in [3.05, 3.63) is 34.9 Å². The molecular formula is C14H22ClNO. The molecule has 0 spiro atoms. The van der Waals surface area contributed by atoms with Crippen LogP contribution in [0.1, 0.15) is 31.9 Å². The molecule has 0 aliphatic rings. The fourth-order valence-electron chi connectivity index (χ4n) is 2.06. The van der Waals surface area contributed by atoms with Gasteiger partial charge < -0.3 is 10.1 Å². The van der Waals surface area contributed by atoms with Crippen molar-refractivity contribution < 1.29 is 4.74 Å². The standard InChI is InChI=1S/C14H22ClNO/c1-4-16-14(8-11(2)10-17-3)12-6-5-7-13(15)9-12/h5-7,9,11,14,16H,4,8,10H2,1-3H3. The Hall–Kier alpha value is -0.570. The third kappa shape index (κ3) is 5.07. The Morgan fingerprint density at radius 2 is 2.18 bits per heavy atom. The molecular weight excluding hydrogens is 234 g/mol. The molecule has 0 aliphatic carbocycles. The molecule has 0 aromatic heterocycles. The SMILES string of the molecule is CCNC(CC(C)COC)c1cccc(Cl)c1. The number of hydrogen-bond donors (Lipinski definition) is 1. The van der Waals surface area contributed by atoms with E-state index in [0.717, 1.165) is 24.6 Å². The van der Waals surface area contributed by atoms with Crippen molar-refractivity contribution in [3.8, 4) is 0 Å². The van der Waals surface area contributed by atoms with Crippen LogP contribution >= 0.6 is 11.6 Å². The number of rotatable bonds is 7. The highest BCUT2D eigenvalue weighted by Crippen LogP contribution is 2.23. The van der Waals surface area contributed by atoms with Crippen LogP contribution in [0.3, 0.4) is 0 Å². The second kappa shape index (κ2) is 7.70. The summed E-state index contributed by atoms with van der Waals surface area (Å²) in [6, 6.07) is 8.42. The number of nitrogens with one attached hydrogen (secondary N) is 1. The quantitative estimate of drug-likeness (QED) is 0.803. The van der Waals surface area contributed by atoms with E-state index < -0.39 is 0 Å². The fourth-order valence-corrected chi connectivity index (χ4v) is 2.26. The molecule has 0 radical (unpaired) electrons. The van der Waals surface area contributed by atoms with Gasteiger partial charge in [-0.25, -0.2) is 0 Å². The van der Waals surface area contributed by atoms with Gasteiger partial charge in [-0.1, -0.05) is 37.6 Å². The molecule has 0 heterocycles. The van der Waals surface area contributed by atoms with Crippen molar-refractivity contribution in [1.82, 2.24) is 5.32 Å². The lowest BCUT2D eigenvalue weighted by Crippen LogP contribution is -2.24. The van der Waals surface area contributed by atoms with Gasteiger partial charge in [-0.2, -0.15) is 0 Å². The summed E-state index contributed by atoms with van der Waals surface area (Å²) in [5.74, 6) is 0.531. The summed E-state index contributed by atoms with van der Waals surface area (Å²) in [5.41, 5.74) is 1.25. The zero-order valence-electron chi connectivity index (χ0n) is 10.9.